The van der Waals surface area contributed by atoms with E-state index < -0.39 is 68.6 Å². The van der Waals surface area contributed by atoms with Crippen LogP contribution in [0.3, 0.4) is 0 Å². The second-order valence-electron chi connectivity index (χ2n) is 6.31. The molecule has 4 aliphatic rings. The van der Waals surface area contributed by atoms with Crippen LogP contribution in [0.4, 0.5) is 0 Å². The summed E-state index contributed by atoms with van der Waals surface area (Å²) in [5, 5.41) is 5.10. The first-order valence-electron chi connectivity index (χ1n) is 13.2. The number of carbonyl (C=O) groups excluding carboxylic acids is 1. The molecule has 2 aliphatic carbocycles. The fourth-order valence-corrected chi connectivity index (χ4v) is 4.48. The van der Waals surface area contributed by atoms with Crippen molar-refractivity contribution in [3.8, 4) is 11.5 Å². The molecule has 2 aliphatic heterocycles. The van der Waals surface area contributed by atoms with Crippen molar-refractivity contribution in [3.63, 3.8) is 0 Å². The number of benzene rings is 1. The molecular formula is C18H21NO4. The number of hydrogen-bond acceptors (Lipinski definition) is 5. The zero-order chi connectivity index (χ0) is 26.2. The fraction of sp³-hybridized carbons (Fsp3) is 0.611. The molecule has 122 valence electrons. The lowest BCUT2D eigenvalue weighted by Gasteiger charge is -2.62. The van der Waals surface area contributed by atoms with Crippen LogP contribution in [0.2, 0.25) is 0 Å². The summed E-state index contributed by atoms with van der Waals surface area (Å²) in [7, 11) is -2.95. The van der Waals surface area contributed by atoms with Gasteiger partial charge >= 0.3 is 0 Å². The van der Waals surface area contributed by atoms with Gasteiger partial charge in [-0.1, -0.05) is 6.07 Å². The number of aliphatic hydroxyl groups is 1. The SMILES string of the molecule is [2H]O[C@@]12CC([2H])([2H])C(=O)C3Oc4c(OC([2H])([2H])[2H])ccc5c4[C@@]31CCN(C([2H])([2H])[2H])[C@]2([2H])C5([2H])[2H]. The Kier molecular flexibility index (Phi) is 1.13. The minimum absolute atomic E-state index is 0.0570. The second kappa shape index (κ2) is 4.08. The molecule has 1 N–H and O–H groups in total. The van der Waals surface area contributed by atoms with Gasteiger partial charge in [0.1, 0.15) is 0 Å². The highest BCUT2D eigenvalue weighted by molar-refractivity contribution is 5.90. The molecule has 5 heteroatoms. The molecule has 2 heterocycles. The number of methoxy groups -OCH3 is 1. The Morgan fingerprint density at radius 3 is 3.39 bits per heavy atom. The summed E-state index contributed by atoms with van der Waals surface area (Å²) in [5.41, 5.74) is -4.67. The van der Waals surface area contributed by atoms with Crippen LogP contribution >= 0.6 is 0 Å². The number of rotatable bonds is 2. The van der Waals surface area contributed by atoms with Crippen LogP contribution in [-0.4, -0.2) is 55.5 Å². The molecule has 2 bridgehead atoms. The van der Waals surface area contributed by atoms with Crippen molar-refractivity contribution in [1.29, 1.82) is 1.43 Å². The molecule has 1 aromatic rings. The van der Waals surface area contributed by atoms with E-state index in [0.717, 1.165) is 12.1 Å². The fourth-order valence-electron chi connectivity index (χ4n) is 4.48. The number of likely N-dealkylation sites (tertiary alicyclic amines) is 1. The lowest BCUT2D eigenvalue weighted by molar-refractivity contribution is -0.185. The van der Waals surface area contributed by atoms with Crippen molar-refractivity contribution in [2.75, 3.05) is 20.6 Å². The largest absolute Gasteiger partial charge is 0.493 e. The average Bonchev–Trinajstić information content (AvgIpc) is 3.04. The lowest BCUT2D eigenvalue weighted by atomic mass is 9.49. The zero-order valence-electron chi connectivity index (χ0n) is 23.9. The van der Waals surface area contributed by atoms with Crippen LogP contribution in [0.5, 0.6) is 11.5 Å². The zero-order valence-corrected chi connectivity index (χ0v) is 11.9. The summed E-state index contributed by atoms with van der Waals surface area (Å²) in [6, 6.07) is -0.651. The number of carbonyl (C=O) groups is 1. The maximum Gasteiger partial charge on any atom is 0.211 e. The molecule has 1 saturated carbocycles. The van der Waals surface area contributed by atoms with Gasteiger partial charge in [0, 0.05) is 27.5 Å². The molecule has 1 aromatic carbocycles. The molecule has 2 fully saturated rings. The Morgan fingerprint density at radius 2 is 2.57 bits per heavy atom. The third kappa shape index (κ3) is 1.32. The molecule has 5 nitrogen and oxygen atoms in total. The van der Waals surface area contributed by atoms with Crippen LogP contribution < -0.4 is 9.47 Å². The molecule has 0 radical (unpaired) electrons. The van der Waals surface area contributed by atoms with Gasteiger partial charge in [0.25, 0.3) is 0 Å². The van der Waals surface area contributed by atoms with Crippen molar-refractivity contribution < 1.29 is 34.5 Å². The first-order chi connectivity index (χ1) is 15.8. The van der Waals surface area contributed by atoms with Crippen molar-refractivity contribution in [2.45, 2.75) is 48.7 Å². The van der Waals surface area contributed by atoms with E-state index in [2.05, 4.69) is 0 Å². The van der Waals surface area contributed by atoms with Crippen molar-refractivity contribution in [2.24, 2.45) is 0 Å². The number of likely N-dealkylation sites (N-methyl/N-ethyl adjacent to an activating group) is 1. The van der Waals surface area contributed by atoms with E-state index in [0.29, 0.717) is 4.90 Å². The summed E-state index contributed by atoms with van der Waals surface area (Å²) >= 11 is 0. The normalized spacial score (nSPS) is 56.9. The highest BCUT2D eigenvalue weighted by Gasteiger charge is 2.72. The highest BCUT2D eigenvalue weighted by atomic mass is 16.5. The van der Waals surface area contributed by atoms with E-state index >= 15 is 0 Å². The smallest absolute Gasteiger partial charge is 0.211 e. The van der Waals surface area contributed by atoms with Gasteiger partial charge in [0.2, 0.25) is 1.43 Å². The molecule has 1 unspecified atom stereocenters. The van der Waals surface area contributed by atoms with Crippen molar-refractivity contribution in [1.82, 2.24) is 4.90 Å². The van der Waals surface area contributed by atoms with E-state index in [9.17, 15) is 6.17 Å². The lowest BCUT2D eigenvalue weighted by Crippen LogP contribution is -2.76. The number of ether oxygens (including phenoxy) is 2. The Bertz CT molecular complexity index is 1140. The molecule has 0 amide bonds. The second-order valence-corrected chi connectivity index (χ2v) is 6.31. The quantitative estimate of drug-likeness (QED) is 0.880. The van der Waals surface area contributed by atoms with Crippen LogP contribution in [0, 0.1) is 0 Å². The molecule has 23 heavy (non-hydrogen) atoms. The standard InChI is InChI=1S/C18H21NO4/c1-19-8-7-17-14-10-3-4-12(22-2)15(14)23-16(17)11(20)5-6-18(17,21)13(19)9-10/h3-4,13,16,21H,5-9H2,1-2H3/t13-,16?,17+,18-/m1/s1/i1D3,2D3,5D2,9D2,13D,21D. The van der Waals surface area contributed by atoms with Crippen LogP contribution in [0.1, 0.15) is 45.4 Å². The van der Waals surface area contributed by atoms with Crippen molar-refractivity contribution in [3.05, 3.63) is 23.3 Å². The van der Waals surface area contributed by atoms with Gasteiger partial charge in [0.05, 0.1) is 23.5 Å². The van der Waals surface area contributed by atoms with E-state index in [4.69, 9.17) is 29.7 Å². The van der Waals surface area contributed by atoms with Crippen molar-refractivity contribution >= 4 is 5.78 Å². The summed E-state index contributed by atoms with van der Waals surface area (Å²) in [4.78, 5) is 13.9. The predicted molar refractivity (Wildman–Crippen MR) is 83.0 cm³/mol. The Morgan fingerprint density at radius 1 is 1.61 bits per heavy atom. The van der Waals surface area contributed by atoms with Gasteiger partial charge in [-0.3, -0.25) is 4.79 Å². The molecular weight excluding hydrogens is 294 g/mol. The molecule has 0 aromatic heterocycles. The monoisotopic (exact) mass is 327 g/mol. The number of ketones is 1. The third-order valence-corrected chi connectivity index (χ3v) is 5.47. The van der Waals surface area contributed by atoms with E-state index in [-0.39, 0.29) is 29.0 Å². The van der Waals surface area contributed by atoms with Crippen LogP contribution in [-0.2, 0) is 16.6 Å². The van der Waals surface area contributed by atoms with Gasteiger partial charge in [-0.05, 0) is 44.4 Å². The number of hydrogen-bond donors (Lipinski definition) is 1. The van der Waals surface area contributed by atoms with Crippen LogP contribution in [0.15, 0.2) is 12.1 Å². The number of piperidine rings is 1. The Labute approximate surface area is 152 Å². The summed E-state index contributed by atoms with van der Waals surface area (Å²) in [6.07, 6.45) is -8.65. The van der Waals surface area contributed by atoms with Crippen LogP contribution in [0.25, 0.3) is 0 Å². The summed E-state index contributed by atoms with van der Waals surface area (Å²) < 4.78 is 110. The number of Topliss-reactive ketones (excluding diaryl/α,β-unsaturated/α-hetero) is 1. The molecule has 1 spiro atoms. The molecule has 5 rings (SSSR count). The Hall–Kier alpha value is -1.59. The maximum atomic E-state index is 13.3. The van der Waals surface area contributed by atoms with Gasteiger partial charge in [-0.2, -0.15) is 0 Å². The highest BCUT2D eigenvalue weighted by Crippen LogP contribution is 2.64. The maximum absolute atomic E-state index is 13.3. The van der Waals surface area contributed by atoms with Gasteiger partial charge in [-0.25, -0.2) is 0 Å². The summed E-state index contributed by atoms with van der Waals surface area (Å²) in [6.45, 7) is -3.46. The number of nitrogens with zero attached hydrogens (tertiary/aromatic N) is 1. The van der Waals surface area contributed by atoms with Gasteiger partial charge < -0.3 is 19.5 Å². The summed E-state index contributed by atoms with van der Waals surface area (Å²) in [5.74, 6) is -1.73. The Balaban J connectivity index is 1.93. The molecule has 4 atom stereocenters. The van der Waals surface area contributed by atoms with E-state index in [1.54, 1.807) is 0 Å². The third-order valence-electron chi connectivity index (χ3n) is 5.47. The minimum atomic E-state index is -3.03. The average molecular weight is 327 g/mol. The predicted octanol–water partition coefficient (Wildman–Crippen LogP) is 1.05. The first-order valence-corrected chi connectivity index (χ1v) is 7.32. The van der Waals surface area contributed by atoms with Gasteiger partial charge in [-0.15, -0.1) is 0 Å². The van der Waals surface area contributed by atoms with Gasteiger partial charge in [0.15, 0.2) is 23.4 Å². The topological polar surface area (TPSA) is 59.0 Å². The van der Waals surface area contributed by atoms with E-state index in [1.807, 2.05) is 0 Å². The minimum Gasteiger partial charge on any atom is -0.493 e. The van der Waals surface area contributed by atoms with E-state index in [1.165, 1.54) is 0 Å². The first kappa shape index (κ1) is 6.37. The molecule has 1 saturated heterocycles.